The first-order valence-corrected chi connectivity index (χ1v) is 5.54. The van der Waals surface area contributed by atoms with Gasteiger partial charge in [-0.3, -0.25) is 0 Å². The fourth-order valence-corrected chi connectivity index (χ4v) is 2.54. The quantitative estimate of drug-likeness (QED) is 0.621. The molecule has 0 aromatic heterocycles. The van der Waals surface area contributed by atoms with Crippen molar-refractivity contribution in [2.24, 2.45) is 0 Å². The van der Waals surface area contributed by atoms with Gasteiger partial charge in [0.1, 0.15) is 0 Å². The van der Waals surface area contributed by atoms with Crippen molar-refractivity contribution in [3.63, 3.8) is 0 Å². The molecule has 0 saturated heterocycles. The van der Waals surface area contributed by atoms with E-state index in [0.29, 0.717) is 0 Å². The molecule has 1 saturated carbocycles. The van der Waals surface area contributed by atoms with Crippen molar-refractivity contribution in [2.75, 3.05) is 0 Å². The molecule has 0 heterocycles. The van der Waals surface area contributed by atoms with Gasteiger partial charge in [0.05, 0.1) is 0 Å². The van der Waals surface area contributed by atoms with Crippen LogP contribution in [0.5, 0.6) is 0 Å². The SMILES string of the molecule is [S]c1ccccc1C1CCCCC1. The van der Waals surface area contributed by atoms with Crippen molar-refractivity contribution in [3.8, 4) is 0 Å². The first kappa shape index (κ1) is 9.01. The number of hydrogen-bond donors (Lipinski definition) is 0. The second kappa shape index (κ2) is 4.10. The van der Waals surface area contributed by atoms with Crippen LogP contribution in [-0.4, -0.2) is 0 Å². The van der Waals surface area contributed by atoms with Gasteiger partial charge in [-0.1, -0.05) is 50.1 Å². The molecule has 1 aromatic rings. The number of rotatable bonds is 1. The van der Waals surface area contributed by atoms with Crippen LogP contribution in [0.2, 0.25) is 0 Å². The predicted molar refractivity (Wildman–Crippen MR) is 58.1 cm³/mol. The van der Waals surface area contributed by atoms with E-state index in [1.807, 2.05) is 6.07 Å². The van der Waals surface area contributed by atoms with Gasteiger partial charge in [-0.15, -0.1) is 0 Å². The first-order valence-electron chi connectivity index (χ1n) is 5.14. The summed E-state index contributed by atoms with van der Waals surface area (Å²) in [5.74, 6) is 0.752. The fraction of sp³-hybridized carbons (Fsp3) is 0.500. The molecule has 0 unspecified atom stereocenters. The Kier molecular flexibility index (Phi) is 2.84. The van der Waals surface area contributed by atoms with Crippen LogP contribution >= 0.6 is 12.6 Å². The Bertz CT molecular complexity index is 274. The lowest BCUT2D eigenvalue weighted by molar-refractivity contribution is 0.440. The Balaban J connectivity index is 2.18. The van der Waals surface area contributed by atoms with Gasteiger partial charge in [0.15, 0.2) is 0 Å². The van der Waals surface area contributed by atoms with Crippen molar-refractivity contribution in [1.82, 2.24) is 0 Å². The Morgan fingerprint density at radius 2 is 1.69 bits per heavy atom. The van der Waals surface area contributed by atoms with Crippen molar-refractivity contribution in [1.29, 1.82) is 0 Å². The van der Waals surface area contributed by atoms with Crippen molar-refractivity contribution >= 4 is 12.6 Å². The fourth-order valence-electron chi connectivity index (χ4n) is 2.23. The summed E-state index contributed by atoms with van der Waals surface area (Å²) in [6.45, 7) is 0. The standard InChI is InChI=1S/C12H15S/c13-12-9-5-4-8-11(12)10-6-2-1-3-7-10/h4-5,8-10H,1-3,6-7H2. The van der Waals surface area contributed by atoms with Crippen LogP contribution in [0, 0.1) is 0 Å². The van der Waals surface area contributed by atoms with Crippen LogP contribution in [0.15, 0.2) is 29.2 Å². The van der Waals surface area contributed by atoms with E-state index < -0.39 is 0 Å². The van der Waals surface area contributed by atoms with Gasteiger partial charge >= 0.3 is 0 Å². The molecule has 13 heavy (non-hydrogen) atoms. The second-order valence-electron chi connectivity index (χ2n) is 3.87. The zero-order valence-electron chi connectivity index (χ0n) is 7.83. The van der Waals surface area contributed by atoms with Crippen molar-refractivity contribution in [3.05, 3.63) is 29.8 Å². The normalized spacial score (nSPS) is 18.8. The van der Waals surface area contributed by atoms with Crippen LogP contribution in [-0.2, 0) is 0 Å². The molecule has 1 heteroatoms. The molecule has 0 bridgehead atoms. The van der Waals surface area contributed by atoms with Gasteiger partial charge in [-0.25, -0.2) is 0 Å². The lowest BCUT2D eigenvalue weighted by atomic mass is 9.84. The summed E-state index contributed by atoms with van der Waals surface area (Å²) in [7, 11) is 0. The Hall–Kier alpha value is -0.560. The maximum absolute atomic E-state index is 5.33. The number of benzene rings is 1. The van der Waals surface area contributed by atoms with Crippen molar-refractivity contribution < 1.29 is 0 Å². The molecule has 1 aliphatic rings. The molecule has 69 valence electrons. The van der Waals surface area contributed by atoms with E-state index in [-0.39, 0.29) is 0 Å². The van der Waals surface area contributed by atoms with Crippen LogP contribution in [0.25, 0.3) is 0 Å². The van der Waals surface area contributed by atoms with E-state index in [2.05, 4.69) is 18.2 Å². The highest BCUT2D eigenvalue weighted by molar-refractivity contribution is 7.80. The van der Waals surface area contributed by atoms with Gasteiger partial charge in [-0.05, 0) is 30.4 Å². The molecule has 1 aliphatic carbocycles. The highest BCUT2D eigenvalue weighted by Crippen LogP contribution is 2.35. The number of hydrogen-bond acceptors (Lipinski definition) is 0. The predicted octanol–water partition coefficient (Wildman–Crippen LogP) is 4.29. The molecule has 0 spiro atoms. The summed E-state index contributed by atoms with van der Waals surface area (Å²) in [4.78, 5) is 1.06. The third kappa shape index (κ3) is 2.02. The third-order valence-electron chi connectivity index (χ3n) is 2.96. The summed E-state index contributed by atoms with van der Waals surface area (Å²) < 4.78 is 0. The van der Waals surface area contributed by atoms with Gasteiger partial charge in [0, 0.05) is 4.90 Å². The van der Waals surface area contributed by atoms with Crippen LogP contribution in [0.3, 0.4) is 0 Å². The summed E-state index contributed by atoms with van der Waals surface area (Å²) in [6, 6.07) is 8.41. The minimum absolute atomic E-state index is 0.752. The van der Waals surface area contributed by atoms with Gasteiger partial charge < -0.3 is 0 Å². The summed E-state index contributed by atoms with van der Waals surface area (Å²) >= 11 is 5.33. The Morgan fingerprint density at radius 1 is 1.00 bits per heavy atom. The molecule has 1 fully saturated rings. The summed E-state index contributed by atoms with van der Waals surface area (Å²) in [6.07, 6.45) is 6.86. The van der Waals surface area contributed by atoms with E-state index in [9.17, 15) is 0 Å². The van der Waals surface area contributed by atoms with Crippen LogP contribution in [0.1, 0.15) is 43.6 Å². The molecule has 0 aliphatic heterocycles. The summed E-state index contributed by atoms with van der Waals surface area (Å²) in [5, 5.41) is 0. The van der Waals surface area contributed by atoms with Crippen molar-refractivity contribution in [2.45, 2.75) is 42.9 Å². The maximum Gasteiger partial charge on any atom is 0.0411 e. The van der Waals surface area contributed by atoms with E-state index in [0.717, 1.165) is 10.8 Å². The highest BCUT2D eigenvalue weighted by atomic mass is 32.1. The van der Waals surface area contributed by atoms with E-state index in [4.69, 9.17) is 12.6 Å². The molecule has 1 aromatic carbocycles. The van der Waals surface area contributed by atoms with Gasteiger partial charge in [0.25, 0.3) is 0 Å². The highest BCUT2D eigenvalue weighted by Gasteiger charge is 2.16. The molecule has 1 radical (unpaired) electrons. The second-order valence-corrected chi connectivity index (χ2v) is 4.31. The molecule has 0 N–H and O–H groups in total. The lowest BCUT2D eigenvalue weighted by Crippen LogP contribution is -2.04. The minimum Gasteiger partial charge on any atom is -0.0798 e. The molecule has 2 rings (SSSR count). The van der Waals surface area contributed by atoms with Crippen LogP contribution in [0.4, 0.5) is 0 Å². The topological polar surface area (TPSA) is 0 Å². The molecular formula is C12H15S. The van der Waals surface area contributed by atoms with Gasteiger partial charge in [-0.2, -0.15) is 0 Å². The minimum atomic E-state index is 0.752. The first-order chi connectivity index (χ1) is 6.38. The monoisotopic (exact) mass is 191 g/mol. The third-order valence-corrected chi connectivity index (χ3v) is 3.34. The lowest BCUT2D eigenvalue weighted by Gasteiger charge is -2.22. The Labute approximate surface area is 85.8 Å². The average molecular weight is 191 g/mol. The Morgan fingerprint density at radius 3 is 2.38 bits per heavy atom. The summed E-state index contributed by atoms with van der Waals surface area (Å²) in [5.41, 5.74) is 1.41. The van der Waals surface area contributed by atoms with Gasteiger partial charge in [0.2, 0.25) is 0 Å². The van der Waals surface area contributed by atoms with E-state index >= 15 is 0 Å². The van der Waals surface area contributed by atoms with Crippen LogP contribution < -0.4 is 0 Å². The average Bonchev–Trinajstić information content (AvgIpc) is 2.20. The molecule has 0 amide bonds. The smallest absolute Gasteiger partial charge is 0.0411 e. The van der Waals surface area contributed by atoms with E-state index in [1.54, 1.807) is 0 Å². The molecule has 0 nitrogen and oxygen atoms in total. The molecule has 0 atom stereocenters. The maximum atomic E-state index is 5.33. The zero-order chi connectivity index (χ0) is 9.10. The van der Waals surface area contributed by atoms with E-state index in [1.165, 1.54) is 37.7 Å². The largest absolute Gasteiger partial charge is 0.0798 e. The zero-order valence-corrected chi connectivity index (χ0v) is 8.65. The molecular weight excluding hydrogens is 176 g/mol.